The van der Waals surface area contributed by atoms with Gasteiger partial charge in [0.2, 0.25) is 5.91 Å². The molecule has 0 bridgehead atoms. The Balaban J connectivity index is 1.65. The van der Waals surface area contributed by atoms with E-state index in [2.05, 4.69) is 27.3 Å². The summed E-state index contributed by atoms with van der Waals surface area (Å²) >= 11 is 3.43. The Hall–Kier alpha value is -3.51. The average Bonchev–Trinajstić information content (AvgIpc) is 3.32. The Morgan fingerprint density at radius 2 is 1.77 bits per heavy atom. The first-order valence-electron chi connectivity index (χ1n) is 11.6. The van der Waals surface area contributed by atoms with E-state index in [1.54, 1.807) is 12.1 Å². The largest absolute Gasteiger partial charge is 0.352 e. The molecule has 35 heavy (non-hydrogen) atoms. The third kappa shape index (κ3) is 2.96. The van der Waals surface area contributed by atoms with Gasteiger partial charge in [-0.05, 0) is 55.3 Å². The van der Waals surface area contributed by atoms with Gasteiger partial charge >= 0.3 is 0 Å². The maximum atomic E-state index is 14.3. The lowest BCUT2D eigenvalue weighted by molar-refractivity contribution is -0.122. The first-order chi connectivity index (χ1) is 16.8. The number of aryl methyl sites for hydroxylation is 1. The zero-order valence-electron chi connectivity index (χ0n) is 19.3. The van der Waals surface area contributed by atoms with E-state index >= 15 is 0 Å². The molecular formula is C29H23BrN2O3. The molecule has 3 heterocycles. The van der Waals surface area contributed by atoms with Crippen molar-refractivity contribution in [3.05, 3.63) is 99.5 Å². The number of nitrogens with zero attached hydrogens (tertiary/aromatic N) is 1. The van der Waals surface area contributed by atoms with Crippen LogP contribution >= 0.6 is 15.9 Å². The van der Waals surface area contributed by atoms with Gasteiger partial charge in [-0.25, -0.2) is 0 Å². The number of para-hydroxylation sites is 1. The SMILES string of the molecule is CC(=O)[C@@H]1[C@H](C(=O)c2ccc(Br)cc2)[C@]2(C(=O)Nc3ccccc32)[C@H]2C=Cc3cc(C)ccc3N12. The maximum absolute atomic E-state index is 14.3. The van der Waals surface area contributed by atoms with Crippen LogP contribution in [0.1, 0.15) is 34.0 Å². The highest BCUT2D eigenvalue weighted by atomic mass is 79.9. The predicted molar refractivity (Wildman–Crippen MR) is 140 cm³/mol. The van der Waals surface area contributed by atoms with Gasteiger partial charge in [0.1, 0.15) is 5.41 Å². The van der Waals surface area contributed by atoms with E-state index in [9.17, 15) is 14.4 Å². The molecule has 3 aliphatic rings. The van der Waals surface area contributed by atoms with Gasteiger partial charge < -0.3 is 10.2 Å². The molecule has 1 fully saturated rings. The van der Waals surface area contributed by atoms with Crippen LogP contribution in [0.15, 0.2) is 77.3 Å². The van der Waals surface area contributed by atoms with Crippen LogP contribution in [0, 0.1) is 12.8 Å². The number of amides is 1. The topological polar surface area (TPSA) is 66.5 Å². The number of benzene rings is 3. The van der Waals surface area contributed by atoms with E-state index in [0.29, 0.717) is 11.3 Å². The highest BCUT2D eigenvalue weighted by Gasteiger charge is 2.69. The Morgan fingerprint density at radius 1 is 1.03 bits per heavy atom. The highest BCUT2D eigenvalue weighted by Crippen LogP contribution is 2.57. The molecule has 3 aliphatic heterocycles. The van der Waals surface area contributed by atoms with E-state index in [1.165, 1.54) is 6.92 Å². The Kier molecular flexibility index (Phi) is 4.87. The van der Waals surface area contributed by atoms with Crippen molar-refractivity contribution in [3.63, 3.8) is 0 Å². The lowest BCUT2D eigenvalue weighted by Crippen LogP contribution is -2.51. The molecular weight excluding hydrogens is 504 g/mol. The molecule has 3 aromatic rings. The number of fused-ring (bicyclic) bond motifs is 6. The van der Waals surface area contributed by atoms with Crippen LogP contribution in [0.5, 0.6) is 0 Å². The molecule has 3 aromatic carbocycles. The fourth-order valence-corrected chi connectivity index (χ4v) is 6.51. The summed E-state index contributed by atoms with van der Waals surface area (Å²) in [5.41, 5.74) is 3.64. The monoisotopic (exact) mass is 526 g/mol. The quantitative estimate of drug-likeness (QED) is 0.469. The predicted octanol–water partition coefficient (Wildman–Crippen LogP) is 5.32. The summed E-state index contributed by atoms with van der Waals surface area (Å²) < 4.78 is 0.854. The summed E-state index contributed by atoms with van der Waals surface area (Å²) in [6.45, 7) is 3.54. The molecule has 0 aliphatic carbocycles. The van der Waals surface area contributed by atoms with Crippen LogP contribution in [0.25, 0.3) is 6.08 Å². The zero-order valence-corrected chi connectivity index (χ0v) is 20.9. The van der Waals surface area contributed by atoms with Gasteiger partial charge in [-0.3, -0.25) is 14.4 Å². The van der Waals surface area contributed by atoms with E-state index in [4.69, 9.17) is 0 Å². The molecule has 1 amide bonds. The standard InChI is InChI=1S/C29H23BrN2O3/c1-16-7-13-23-19(15-16)10-14-24-29(21-5-3-4-6-22(21)31-28(29)35)25(26(17(2)33)32(23)24)27(34)18-8-11-20(30)12-9-18/h3-15,24-26H,1-2H3,(H,31,35)/t24-,25-,26-,29-/m1/s1. The molecule has 1 saturated heterocycles. The van der Waals surface area contributed by atoms with Crippen molar-refractivity contribution in [2.24, 2.45) is 5.92 Å². The van der Waals surface area contributed by atoms with Crippen molar-refractivity contribution in [2.45, 2.75) is 31.3 Å². The molecule has 0 saturated carbocycles. The number of nitrogens with one attached hydrogen (secondary N) is 1. The van der Waals surface area contributed by atoms with Gasteiger partial charge in [-0.1, -0.05) is 70.0 Å². The molecule has 6 heteroatoms. The Morgan fingerprint density at radius 3 is 2.51 bits per heavy atom. The second-order valence-electron chi connectivity index (χ2n) is 9.55. The van der Waals surface area contributed by atoms with Gasteiger partial charge in [0.15, 0.2) is 11.6 Å². The number of carbonyl (C=O) groups excluding carboxylic acids is 3. The first-order valence-corrected chi connectivity index (χ1v) is 12.4. The molecule has 0 radical (unpaired) electrons. The molecule has 1 N–H and O–H groups in total. The molecule has 0 aromatic heterocycles. The van der Waals surface area contributed by atoms with Gasteiger partial charge in [0, 0.05) is 21.4 Å². The summed E-state index contributed by atoms with van der Waals surface area (Å²) in [7, 11) is 0. The van der Waals surface area contributed by atoms with Gasteiger partial charge in [0.05, 0.1) is 18.0 Å². The highest BCUT2D eigenvalue weighted by molar-refractivity contribution is 9.10. The number of rotatable bonds is 3. The van der Waals surface area contributed by atoms with Crippen molar-refractivity contribution in [1.29, 1.82) is 0 Å². The average molecular weight is 527 g/mol. The summed E-state index contributed by atoms with van der Waals surface area (Å²) in [6, 6.07) is 19.4. The first kappa shape index (κ1) is 22.0. The molecule has 0 unspecified atom stereocenters. The minimum Gasteiger partial charge on any atom is -0.352 e. The Labute approximate surface area is 212 Å². The number of hydrogen-bond acceptors (Lipinski definition) is 4. The van der Waals surface area contributed by atoms with Crippen LogP contribution in [0.3, 0.4) is 0 Å². The van der Waals surface area contributed by atoms with E-state index in [-0.39, 0.29) is 17.5 Å². The van der Waals surface area contributed by atoms with Crippen LogP contribution in [-0.2, 0) is 15.0 Å². The lowest BCUT2D eigenvalue weighted by atomic mass is 9.64. The molecule has 174 valence electrons. The fraction of sp³-hybridized carbons (Fsp3) is 0.207. The summed E-state index contributed by atoms with van der Waals surface area (Å²) in [6.07, 6.45) is 4.01. The second kappa shape index (κ2) is 7.75. The van der Waals surface area contributed by atoms with Crippen molar-refractivity contribution in [1.82, 2.24) is 0 Å². The smallest absolute Gasteiger partial charge is 0.238 e. The molecule has 1 spiro atoms. The minimum atomic E-state index is -1.24. The summed E-state index contributed by atoms with van der Waals surface area (Å²) in [5, 5.41) is 3.03. The van der Waals surface area contributed by atoms with E-state index in [0.717, 1.165) is 26.9 Å². The number of halogens is 1. The fourth-order valence-electron chi connectivity index (χ4n) is 6.25. The second-order valence-corrected chi connectivity index (χ2v) is 10.5. The van der Waals surface area contributed by atoms with Gasteiger partial charge in [-0.15, -0.1) is 0 Å². The Bertz CT molecular complexity index is 1440. The van der Waals surface area contributed by atoms with Crippen molar-refractivity contribution in [2.75, 3.05) is 10.2 Å². The van der Waals surface area contributed by atoms with E-state index < -0.39 is 23.4 Å². The molecule has 5 nitrogen and oxygen atoms in total. The number of hydrogen-bond donors (Lipinski definition) is 1. The van der Waals surface area contributed by atoms with Crippen molar-refractivity contribution in [3.8, 4) is 0 Å². The number of ketones is 2. The zero-order chi connectivity index (χ0) is 24.5. The number of Topliss-reactive ketones (excluding diaryl/α,β-unsaturated/α-hetero) is 2. The van der Waals surface area contributed by atoms with Crippen molar-refractivity contribution >= 4 is 50.9 Å². The lowest BCUT2D eigenvalue weighted by Gasteiger charge is -2.37. The number of anilines is 2. The van der Waals surface area contributed by atoms with Crippen molar-refractivity contribution < 1.29 is 14.4 Å². The third-order valence-corrected chi connectivity index (χ3v) is 8.14. The summed E-state index contributed by atoms with van der Waals surface area (Å²) in [5.74, 6) is -1.48. The minimum absolute atomic E-state index is 0.138. The maximum Gasteiger partial charge on any atom is 0.238 e. The van der Waals surface area contributed by atoms with Crippen LogP contribution in [0.2, 0.25) is 0 Å². The summed E-state index contributed by atoms with van der Waals surface area (Å²) in [4.78, 5) is 43.7. The van der Waals surface area contributed by atoms with Crippen LogP contribution in [0.4, 0.5) is 11.4 Å². The number of carbonyl (C=O) groups is 3. The molecule has 4 atom stereocenters. The molecule has 6 rings (SSSR count). The normalized spacial score (nSPS) is 25.7. The van der Waals surface area contributed by atoms with Crippen LogP contribution < -0.4 is 10.2 Å². The third-order valence-electron chi connectivity index (χ3n) is 7.62. The van der Waals surface area contributed by atoms with Gasteiger partial charge in [-0.2, -0.15) is 0 Å². The van der Waals surface area contributed by atoms with Gasteiger partial charge in [0.25, 0.3) is 0 Å². The van der Waals surface area contributed by atoms with Crippen LogP contribution in [-0.4, -0.2) is 29.6 Å². The van der Waals surface area contributed by atoms with E-state index in [1.807, 2.05) is 72.5 Å².